The maximum atomic E-state index is 5.85. The van der Waals surface area contributed by atoms with Gasteiger partial charge >= 0.3 is 0 Å². The van der Waals surface area contributed by atoms with E-state index in [9.17, 15) is 0 Å². The lowest BCUT2D eigenvalue weighted by Crippen LogP contribution is -2.33. The van der Waals surface area contributed by atoms with Gasteiger partial charge in [-0.2, -0.15) is 0 Å². The van der Waals surface area contributed by atoms with Crippen molar-refractivity contribution in [1.29, 1.82) is 0 Å². The number of halogens is 1. The van der Waals surface area contributed by atoms with Crippen molar-refractivity contribution in [2.24, 2.45) is 5.73 Å². The molecule has 0 heterocycles. The summed E-state index contributed by atoms with van der Waals surface area (Å²) in [7, 11) is 0. The summed E-state index contributed by atoms with van der Waals surface area (Å²) in [4.78, 5) is 0. The van der Waals surface area contributed by atoms with Gasteiger partial charge in [-0.3, -0.25) is 0 Å². The molecule has 1 rings (SSSR count). The average Bonchev–Trinajstić information content (AvgIpc) is 2.01. The minimum Gasteiger partial charge on any atom is -0.494 e. The van der Waals surface area contributed by atoms with Crippen molar-refractivity contribution >= 4 is 12.4 Å². The normalized spacial score (nSPS) is 10.7. The second kappa shape index (κ2) is 5.99. The van der Waals surface area contributed by atoms with E-state index in [1.807, 2.05) is 32.0 Å². The molecule has 0 spiro atoms. The minimum absolute atomic E-state index is 0. The molecule has 1 aromatic rings. The molecule has 0 aromatic heterocycles. The van der Waals surface area contributed by atoms with Crippen LogP contribution in [0.5, 0.6) is 5.75 Å². The summed E-state index contributed by atoms with van der Waals surface area (Å²) in [6, 6.07) is 8.05. The summed E-state index contributed by atoms with van der Waals surface area (Å²) in [5, 5.41) is 0. The maximum Gasteiger partial charge on any atom is 0.119 e. The van der Waals surface area contributed by atoms with E-state index in [1.54, 1.807) is 0 Å². The molecule has 0 fully saturated rings. The quantitative estimate of drug-likeness (QED) is 0.862. The molecule has 15 heavy (non-hydrogen) atoms. The van der Waals surface area contributed by atoms with Gasteiger partial charge in [-0.25, -0.2) is 0 Å². The second-order valence-electron chi connectivity index (χ2n) is 4.40. The smallest absolute Gasteiger partial charge is 0.119 e. The molecule has 2 N–H and O–H groups in total. The second-order valence-corrected chi connectivity index (χ2v) is 4.40. The Morgan fingerprint density at radius 2 is 2.00 bits per heavy atom. The van der Waals surface area contributed by atoms with Crippen LogP contribution in [-0.4, -0.2) is 12.1 Å². The fourth-order valence-corrected chi connectivity index (χ4v) is 1.14. The first-order valence-corrected chi connectivity index (χ1v) is 4.96. The van der Waals surface area contributed by atoms with Crippen molar-refractivity contribution in [3.8, 4) is 5.75 Å². The topological polar surface area (TPSA) is 35.2 Å². The number of rotatable bonds is 4. The first-order valence-electron chi connectivity index (χ1n) is 4.96. The lowest BCUT2D eigenvalue weighted by atomic mass is 10.0. The number of nitrogens with two attached hydrogens (primary N) is 1. The third-order valence-electron chi connectivity index (χ3n) is 2.00. The number of benzene rings is 1. The highest BCUT2D eigenvalue weighted by molar-refractivity contribution is 5.85. The summed E-state index contributed by atoms with van der Waals surface area (Å²) in [5.41, 5.74) is 6.92. The van der Waals surface area contributed by atoms with Crippen molar-refractivity contribution in [2.45, 2.75) is 32.7 Å². The highest BCUT2D eigenvalue weighted by atomic mass is 35.5. The minimum atomic E-state index is -0.149. The molecule has 0 bridgehead atoms. The van der Waals surface area contributed by atoms with E-state index in [0.717, 1.165) is 12.2 Å². The Morgan fingerprint density at radius 3 is 2.53 bits per heavy atom. The SMILES string of the molecule is Cc1cccc(OCCC(C)(C)N)c1.Cl. The predicted octanol–water partition coefficient (Wildman–Crippen LogP) is 2.92. The predicted molar refractivity (Wildman–Crippen MR) is 66.8 cm³/mol. The number of hydrogen-bond donors (Lipinski definition) is 1. The van der Waals surface area contributed by atoms with Crippen LogP contribution in [0.15, 0.2) is 24.3 Å². The zero-order valence-corrected chi connectivity index (χ0v) is 10.4. The molecule has 3 heteroatoms. The van der Waals surface area contributed by atoms with Gasteiger partial charge in [0.25, 0.3) is 0 Å². The van der Waals surface area contributed by atoms with E-state index < -0.39 is 0 Å². The maximum absolute atomic E-state index is 5.85. The van der Waals surface area contributed by atoms with Gasteiger partial charge in [-0.1, -0.05) is 12.1 Å². The molecule has 0 saturated carbocycles. The molecule has 0 saturated heterocycles. The zero-order valence-electron chi connectivity index (χ0n) is 9.62. The van der Waals surface area contributed by atoms with Crippen LogP contribution in [-0.2, 0) is 0 Å². The Bertz CT molecular complexity index is 294. The van der Waals surface area contributed by atoms with Crippen LogP contribution < -0.4 is 10.5 Å². The molecule has 0 aliphatic heterocycles. The van der Waals surface area contributed by atoms with Crippen LogP contribution in [0.1, 0.15) is 25.8 Å². The van der Waals surface area contributed by atoms with Crippen LogP contribution >= 0.6 is 12.4 Å². The van der Waals surface area contributed by atoms with E-state index in [1.165, 1.54) is 5.56 Å². The Balaban J connectivity index is 0.00000196. The standard InChI is InChI=1S/C12H19NO.ClH/c1-10-5-4-6-11(9-10)14-8-7-12(2,3)13;/h4-6,9H,7-8,13H2,1-3H3;1H. The highest BCUT2D eigenvalue weighted by Crippen LogP contribution is 2.13. The van der Waals surface area contributed by atoms with Gasteiger partial charge in [0.2, 0.25) is 0 Å². The van der Waals surface area contributed by atoms with Crippen molar-refractivity contribution in [1.82, 2.24) is 0 Å². The summed E-state index contributed by atoms with van der Waals surface area (Å²) in [6.45, 7) is 6.74. The van der Waals surface area contributed by atoms with Gasteiger partial charge in [0.05, 0.1) is 6.61 Å². The Labute approximate surface area is 98.2 Å². The first kappa shape index (κ1) is 14.3. The molecule has 0 aliphatic rings. The van der Waals surface area contributed by atoms with Gasteiger partial charge in [-0.05, 0) is 44.9 Å². The molecule has 0 unspecified atom stereocenters. The molecular formula is C12H20ClNO. The Hall–Kier alpha value is -0.730. The van der Waals surface area contributed by atoms with Crippen LogP contribution in [0.2, 0.25) is 0 Å². The third-order valence-corrected chi connectivity index (χ3v) is 2.00. The molecule has 1 aromatic carbocycles. The van der Waals surface area contributed by atoms with Gasteiger partial charge < -0.3 is 10.5 Å². The largest absolute Gasteiger partial charge is 0.494 e. The van der Waals surface area contributed by atoms with Gasteiger partial charge in [0, 0.05) is 5.54 Å². The number of hydrogen-bond acceptors (Lipinski definition) is 2. The fraction of sp³-hybridized carbons (Fsp3) is 0.500. The van der Waals surface area contributed by atoms with E-state index in [4.69, 9.17) is 10.5 Å². The molecule has 0 aliphatic carbocycles. The van der Waals surface area contributed by atoms with Crippen LogP contribution in [0.3, 0.4) is 0 Å². The van der Waals surface area contributed by atoms with Gasteiger partial charge in [0.15, 0.2) is 0 Å². The molecular weight excluding hydrogens is 210 g/mol. The van der Waals surface area contributed by atoms with E-state index >= 15 is 0 Å². The fourth-order valence-electron chi connectivity index (χ4n) is 1.14. The zero-order chi connectivity index (χ0) is 10.6. The Morgan fingerprint density at radius 1 is 1.33 bits per heavy atom. The van der Waals surface area contributed by atoms with Crippen LogP contribution in [0, 0.1) is 6.92 Å². The van der Waals surface area contributed by atoms with Gasteiger partial charge in [-0.15, -0.1) is 12.4 Å². The first-order chi connectivity index (χ1) is 6.47. The number of aryl methyl sites for hydroxylation is 1. The molecule has 86 valence electrons. The molecule has 2 nitrogen and oxygen atoms in total. The van der Waals surface area contributed by atoms with Crippen molar-refractivity contribution in [3.05, 3.63) is 29.8 Å². The lowest BCUT2D eigenvalue weighted by molar-refractivity contribution is 0.274. The third kappa shape index (κ3) is 6.37. The van der Waals surface area contributed by atoms with Crippen molar-refractivity contribution < 1.29 is 4.74 Å². The van der Waals surface area contributed by atoms with Crippen molar-refractivity contribution in [3.63, 3.8) is 0 Å². The summed E-state index contributed by atoms with van der Waals surface area (Å²) < 4.78 is 5.58. The molecule has 0 atom stereocenters. The average molecular weight is 230 g/mol. The van der Waals surface area contributed by atoms with Crippen LogP contribution in [0.25, 0.3) is 0 Å². The monoisotopic (exact) mass is 229 g/mol. The van der Waals surface area contributed by atoms with E-state index in [2.05, 4.69) is 13.0 Å². The molecule has 0 radical (unpaired) electrons. The van der Waals surface area contributed by atoms with E-state index in [-0.39, 0.29) is 17.9 Å². The van der Waals surface area contributed by atoms with Crippen LogP contribution in [0.4, 0.5) is 0 Å². The van der Waals surface area contributed by atoms with E-state index in [0.29, 0.717) is 6.61 Å². The highest BCUT2D eigenvalue weighted by Gasteiger charge is 2.09. The number of ether oxygens (including phenoxy) is 1. The molecule has 0 amide bonds. The lowest BCUT2D eigenvalue weighted by Gasteiger charge is -2.18. The summed E-state index contributed by atoms with van der Waals surface area (Å²) in [6.07, 6.45) is 0.862. The summed E-state index contributed by atoms with van der Waals surface area (Å²) >= 11 is 0. The van der Waals surface area contributed by atoms with Crippen molar-refractivity contribution in [2.75, 3.05) is 6.61 Å². The van der Waals surface area contributed by atoms with Gasteiger partial charge in [0.1, 0.15) is 5.75 Å². The Kier molecular flexibility index (Phi) is 5.69. The summed E-state index contributed by atoms with van der Waals surface area (Å²) in [5.74, 6) is 0.925.